The van der Waals surface area contributed by atoms with E-state index < -0.39 is 5.72 Å². The predicted molar refractivity (Wildman–Crippen MR) is 129 cm³/mol. The van der Waals surface area contributed by atoms with E-state index in [1.54, 1.807) is 6.20 Å². The normalized spacial score (nSPS) is 17.2. The molecule has 1 atom stereocenters. The van der Waals surface area contributed by atoms with Crippen molar-refractivity contribution in [1.29, 1.82) is 0 Å². The third-order valence-corrected chi connectivity index (χ3v) is 6.21. The average molecular weight is 455 g/mol. The Labute approximate surface area is 198 Å². The molecule has 1 aliphatic heterocycles. The van der Waals surface area contributed by atoms with E-state index in [0.29, 0.717) is 30.2 Å². The zero-order chi connectivity index (χ0) is 22.7. The maximum Gasteiger partial charge on any atom is 0.257 e. The topological polar surface area (TPSA) is 42.4 Å². The van der Waals surface area contributed by atoms with Crippen molar-refractivity contribution < 1.29 is 9.53 Å². The lowest BCUT2D eigenvalue weighted by Crippen LogP contribution is -2.46. The van der Waals surface area contributed by atoms with Crippen molar-refractivity contribution in [3.63, 3.8) is 0 Å². The first-order valence-electron chi connectivity index (χ1n) is 10.9. The van der Waals surface area contributed by atoms with E-state index in [4.69, 9.17) is 16.3 Å². The van der Waals surface area contributed by atoms with E-state index in [-0.39, 0.29) is 5.91 Å². The molecule has 0 aliphatic carbocycles. The first kappa shape index (κ1) is 21.4. The Hall–Kier alpha value is -3.47. The van der Waals surface area contributed by atoms with Gasteiger partial charge in [-0.25, -0.2) is 0 Å². The largest absolute Gasteiger partial charge is 0.347 e. The van der Waals surface area contributed by atoms with E-state index in [0.717, 1.165) is 22.4 Å². The highest BCUT2D eigenvalue weighted by atomic mass is 35.5. The highest BCUT2D eigenvalue weighted by molar-refractivity contribution is 6.30. The average Bonchev–Trinajstić information content (AvgIpc) is 3.09. The lowest BCUT2D eigenvalue weighted by Gasteiger charge is -2.39. The van der Waals surface area contributed by atoms with Crippen molar-refractivity contribution in [3.05, 3.63) is 136 Å². The number of hydrogen-bond acceptors (Lipinski definition) is 3. The molecule has 1 aliphatic rings. The summed E-state index contributed by atoms with van der Waals surface area (Å²) in [7, 11) is 0. The Morgan fingerprint density at radius 3 is 2.33 bits per heavy atom. The molecule has 2 heterocycles. The number of halogens is 1. The van der Waals surface area contributed by atoms with Gasteiger partial charge in [-0.3, -0.25) is 14.7 Å². The van der Waals surface area contributed by atoms with E-state index in [1.165, 1.54) is 0 Å². The zero-order valence-electron chi connectivity index (χ0n) is 18.0. The lowest BCUT2D eigenvalue weighted by molar-refractivity contribution is -0.110. The van der Waals surface area contributed by atoms with Crippen LogP contribution in [0.5, 0.6) is 0 Å². The number of pyridine rings is 1. The minimum Gasteiger partial charge on any atom is -0.347 e. The van der Waals surface area contributed by atoms with E-state index in [9.17, 15) is 4.79 Å². The summed E-state index contributed by atoms with van der Waals surface area (Å²) in [5.74, 6) is -0.0535. The van der Waals surface area contributed by atoms with Crippen LogP contribution in [0, 0.1) is 0 Å². The molecule has 0 fully saturated rings. The molecule has 0 saturated carbocycles. The van der Waals surface area contributed by atoms with Gasteiger partial charge < -0.3 is 4.74 Å². The maximum absolute atomic E-state index is 13.7. The second kappa shape index (κ2) is 9.18. The quantitative estimate of drug-likeness (QED) is 0.351. The van der Waals surface area contributed by atoms with Crippen LogP contribution in [0.4, 0.5) is 0 Å². The molecule has 1 amide bonds. The van der Waals surface area contributed by atoms with Gasteiger partial charge in [-0.2, -0.15) is 0 Å². The van der Waals surface area contributed by atoms with Gasteiger partial charge in [-0.1, -0.05) is 78.3 Å². The Morgan fingerprint density at radius 1 is 0.848 bits per heavy atom. The third kappa shape index (κ3) is 4.04. The van der Waals surface area contributed by atoms with E-state index >= 15 is 0 Å². The Balaban J connectivity index is 1.61. The fourth-order valence-corrected chi connectivity index (χ4v) is 4.55. The summed E-state index contributed by atoms with van der Waals surface area (Å²) in [4.78, 5) is 19.9. The van der Waals surface area contributed by atoms with Gasteiger partial charge >= 0.3 is 0 Å². The standard InChI is InChI=1S/C28H23ClN2O2/c29-23-15-13-22(14-16-23)28(33-19-17-24-10-6-7-18-30-24)26-12-5-4-11-25(26)27(32)31(28)20-21-8-2-1-3-9-21/h1-16,18H,17,19-20H2/t28-/m1/s1. The molecule has 0 bridgehead atoms. The molecule has 164 valence electrons. The van der Waals surface area contributed by atoms with Crippen LogP contribution in [-0.2, 0) is 23.4 Å². The summed E-state index contributed by atoms with van der Waals surface area (Å²) >= 11 is 6.21. The van der Waals surface area contributed by atoms with Crippen LogP contribution in [-0.4, -0.2) is 22.4 Å². The summed E-state index contributed by atoms with van der Waals surface area (Å²) in [6.07, 6.45) is 2.41. The second-order valence-electron chi connectivity index (χ2n) is 7.99. The van der Waals surface area contributed by atoms with Crippen molar-refractivity contribution in [2.75, 3.05) is 6.61 Å². The minimum atomic E-state index is -1.07. The van der Waals surface area contributed by atoms with Crippen molar-refractivity contribution in [2.45, 2.75) is 18.7 Å². The number of amides is 1. The Morgan fingerprint density at radius 2 is 1.58 bits per heavy atom. The highest BCUT2D eigenvalue weighted by Crippen LogP contribution is 2.46. The SMILES string of the molecule is O=C1c2ccccc2[C@](OCCc2ccccn2)(c2ccc(Cl)cc2)N1Cc1ccccc1. The molecule has 5 rings (SSSR count). The first-order chi connectivity index (χ1) is 16.2. The van der Waals surface area contributed by atoms with Crippen LogP contribution in [0.3, 0.4) is 0 Å². The molecule has 0 saturated heterocycles. The Kier molecular flexibility index (Phi) is 5.95. The smallest absolute Gasteiger partial charge is 0.257 e. The summed E-state index contributed by atoms with van der Waals surface area (Å²) in [6, 6.07) is 31.1. The number of carbonyl (C=O) groups excluding carboxylic acids is 1. The third-order valence-electron chi connectivity index (χ3n) is 5.96. The molecule has 4 aromatic rings. The molecular weight excluding hydrogens is 432 g/mol. The van der Waals surface area contributed by atoms with Gasteiger partial charge in [-0.05, 0) is 35.9 Å². The molecular formula is C28H23ClN2O2. The summed E-state index contributed by atoms with van der Waals surface area (Å²) in [6.45, 7) is 0.813. The monoisotopic (exact) mass is 454 g/mol. The van der Waals surface area contributed by atoms with Crippen molar-refractivity contribution >= 4 is 17.5 Å². The van der Waals surface area contributed by atoms with Crippen molar-refractivity contribution in [3.8, 4) is 0 Å². The number of nitrogens with zero attached hydrogens (tertiary/aromatic N) is 2. The van der Waals surface area contributed by atoms with Crippen LogP contribution in [0.25, 0.3) is 0 Å². The second-order valence-corrected chi connectivity index (χ2v) is 8.43. The minimum absolute atomic E-state index is 0.0535. The molecule has 1 aromatic heterocycles. The number of hydrogen-bond donors (Lipinski definition) is 0. The lowest BCUT2D eigenvalue weighted by atomic mass is 9.93. The van der Waals surface area contributed by atoms with Gasteiger partial charge in [0, 0.05) is 46.6 Å². The molecule has 0 spiro atoms. The highest BCUT2D eigenvalue weighted by Gasteiger charge is 2.52. The van der Waals surface area contributed by atoms with Crippen LogP contribution in [0.1, 0.15) is 32.7 Å². The van der Waals surface area contributed by atoms with Gasteiger partial charge in [0.15, 0.2) is 5.72 Å². The molecule has 3 aromatic carbocycles. The Bertz CT molecular complexity index is 1250. The number of ether oxygens (including phenoxy) is 1. The van der Waals surface area contributed by atoms with Gasteiger partial charge in [-0.15, -0.1) is 0 Å². The van der Waals surface area contributed by atoms with Crippen molar-refractivity contribution in [1.82, 2.24) is 9.88 Å². The van der Waals surface area contributed by atoms with Gasteiger partial charge in [0.25, 0.3) is 5.91 Å². The molecule has 5 heteroatoms. The molecule has 0 unspecified atom stereocenters. The van der Waals surface area contributed by atoms with Crippen LogP contribution < -0.4 is 0 Å². The molecule has 0 N–H and O–H groups in total. The zero-order valence-corrected chi connectivity index (χ0v) is 18.8. The number of rotatable bonds is 7. The number of aromatic nitrogens is 1. The molecule has 4 nitrogen and oxygen atoms in total. The number of carbonyl (C=O) groups is 1. The summed E-state index contributed by atoms with van der Waals surface area (Å²) in [5.41, 5.74) is 3.27. The fourth-order valence-electron chi connectivity index (χ4n) is 4.42. The van der Waals surface area contributed by atoms with Crippen LogP contribution in [0.15, 0.2) is 103 Å². The molecule has 0 radical (unpaired) electrons. The first-order valence-corrected chi connectivity index (χ1v) is 11.3. The van der Waals surface area contributed by atoms with Crippen LogP contribution in [0.2, 0.25) is 5.02 Å². The van der Waals surface area contributed by atoms with Gasteiger partial charge in [0.05, 0.1) is 6.61 Å². The summed E-state index contributed by atoms with van der Waals surface area (Å²) in [5, 5.41) is 0.634. The fraction of sp³-hybridized carbons (Fsp3) is 0.143. The maximum atomic E-state index is 13.7. The van der Waals surface area contributed by atoms with Gasteiger partial charge in [0.2, 0.25) is 0 Å². The van der Waals surface area contributed by atoms with E-state index in [2.05, 4.69) is 4.98 Å². The number of benzene rings is 3. The van der Waals surface area contributed by atoms with Gasteiger partial charge in [0.1, 0.15) is 0 Å². The van der Waals surface area contributed by atoms with Crippen LogP contribution >= 0.6 is 11.6 Å². The summed E-state index contributed by atoms with van der Waals surface area (Å²) < 4.78 is 6.72. The number of fused-ring (bicyclic) bond motifs is 1. The van der Waals surface area contributed by atoms with Crippen molar-refractivity contribution in [2.24, 2.45) is 0 Å². The molecule has 33 heavy (non-hydrogen) atoms. The van der Waals surface area contributed by atoms with E-state index in [1.807, 2.05) is 102 Å². The predicted octanol–water partition coefficient (Wildman–Crippen LogP) is 5.85.